The molecule has 0 aromatic heterocycles. The average Bonchev–Trinajstić information content (AvgIpc) is 2.74. The molecule has 1 aliphatic carbocycles. The molecule has 1 aromatic rings. The molecule has 1 heterocycles. The minimum Gasteiger partial charge on any atom is -0.491 e. The van der Waals surface area contributed by atoms with Crippen LogP contribution in [0.1, 0.15) is 65.2 Å². The first-order valence-electron chi connectivity index (χ1n) is 10.7. The summed E-state index contributed by atoms with van der Waals surface area (Å²) in [7, 11) is 0. The van der Waals surface area contributed by atoms with E-state index in [1.165, 1.54) is 56.2 Å². The zero-order valence-corrected chi connectivity index (χ0v) is 17.2. The van der Waals surface area contributed by atoms with E-state index in [0.717, 1.165) is 12.3 Å². The maximum Gasteiger partial charge on any atom is 0.352 e. The average molecular weight is 408 g/mol. The summed E-state index contributed by atoms with van der Waals surface area (Å²) in [5.74, 6) is -2.41. The summed E-state index contributed by atoms with van der Waals surface area (Å²) in [6.45, 7) is 4.11. The normalized spacial score (nSPS) is 24.4. The molecular weight excluding hydrogens is 378 g/mol. The molecule has 1 saturated carbocycles. The SMILES string of the molecule is CCCC1CCC(C2=COC(C(=O)Oc3ccc(OCC)c(F)c3F)CC2)CC1. The van der Waals surface area contributed by atoms with Gasteiger partial charge < -0.3 is 14.2 Å². The molecule has 6 heteroatoms. The highest BCUT2D eigenvalue weighted by atomic mass is 19.2. The second-order valence-electron chi connectivity index (χ2n) is 7.91. The van der Waals surface area contributed by atoms with E-state index in [1.54, 1.807) is 13.2 Å². The quantitative estimate of drug-likeness (QED) is 0.414. The second kappa shape index (κ2) is 10.1. The molecule has 0 saturated heterocycles. The van der Waals surface area contributed by atoms with Gasteiger partial charge in [-0.05, 0) is 75.0 Å². The van der Waals surface area contributed by atoms with Gasteiger partial charge in [0, 0.05) is 0 Å². The second-order valence-corrected chi connectivity index (χ2v) is 7.91. The number of carbonyl (C=O) groups is 1. The number of allylic oxidation sites excluding steroid dienone is 1. The Labute approximate surface area is 171 Å². The first-order chi connectivity index (χ1) is 14.0. The smallest absolute Gasteiger partial charge is 0.352 e. The van der Waals surface area contributed by atoms with Crippen molar-refractivity contribution in [3.05, 3.63) is 35.6 Å². The van der Waals surface area contributed by atoms with Crippen molar-refractivity contribution in [2.45, 2.75) is 71.3 Å². The molecule has 0 bridgehead atoms. The lowest BCUT2D eigenvalue weighted by molar-refractivity contribution is -0.145. The van der Waals surface area contributed by atoms with Crippen LogP contribution in [0.25, 0.3) is 0 Å². The van der Waals surface area contributed by atoms with Crippen LogP contribution in [0.5, 0.6) is 11.5 Å². The molecule has 160 valence electrons. The largest absolute Gasteiger partial charge is 0.491 e. The van der Waals surface area contributed by atoms with Crippen LogP contribution in [-0.2, 0) is 9.53 Å². The first-order valence-corrected chi connectivity index (χ1v) is 10.7. The fourth-order valence-electron chi connectivity index (χ4n) is 4.33. The van der Waals surface area contributed by atoms with E-state index < -0.39 is 29.5 Å². The molecule has 1 aliphatic heterocycles. The third kappa shape index (κ3) is 5.28. The summed E-state index contributed by atoms with van der Waals surface area (Å²) in [4.78, 5) is 12.3. The van der Waals surface area contributed by atoms with Gasteiger partial charge in [-0.3, -0.25) is 0 Å². The molecule has 0 amide bonds. The van der Waals surface area contributed by atoms with E-state index in [9.17, 15) is 13.6 Å². The Morgan fingerprint density at radius 2 is 1.76 bits per heavy atom. The van der Waals surface area contributed by atoms with Crippen LogP contribution in [-0.4, -0.2) is 18.7 Å². The summed E-state index contributed by atoms with van der Waals surface area (Å²) in [5, 5.41) is 0. The van der Waals surface area contributed by atoms with Crippen LogP contribution >= 0.6 is 0 Å². The molecule has 4 nitrogen and oxygen atoms in total. The van der Waals surface area contributed by atoms with Crippen molar-refractivity contribution in [2.75, 3.05) is 6.61 Å². The lowest BCUT2D eigenvalue weighted by Gasteiger charge is -2.32. The van der Waals surface area contributed by atoms with Gasteiger partial charge in [-0.1, -0.05) is 19.8 Å². The Hall–Kier alpha value is -2.11. The summed E-state index contributed by atoms with van der Waals surface area (Å²) in [6.07, 6.45) is 9.54. The van der Waals surface area contributed by atoms with Gasteiger partial charge >= 0.3 is 5.97 Å². The van der Waals surface area contributed by atoms with Gasteiger partial charge in [0.2, 0.25) is 11.6 Å². The molecule has 1 fully saturated rings. The van der Waals surface area contributed by atoms with Gasteiger partial charge in [0.05, 0.1) is 12.9 Å². The van der Waals surface area contributed by atoms with E-state index in [-0.39, 0.29) is 12.4 Å². The molecule has 3 rings (SSSR count). The van der Waals surface area contributed by atoms with Crippen molar-refractivity contribution >= 4 is 5.97 Å². The topological polar surface area (TPSA) is 44.8 Å². The lowest BCUT2D eigenvalue weighted by atomic mass is 9.76. The standard InChI is InChI=1S/C23H30F2O4/c1-3-5-15-6-8-16(9-7-15)17-10-11-20(28-14-17)23(26)29-19-13-12-18(27-4-2)21(24)22(19)25/h12-16,20H,3-11H2,1-2H3. The Balaban J connectivity index is 1.54. The van der Waals surface area contributed by atoms with Crippen LogP contribution in [0.3, 0.4) is 0 Å². The number of rotatable bonds is 7. The van der Waals surface area contributed by atoms with Gasteiger partial charge in [0.1, 0.15) is 0 Å². The third-order valence-electron chi connectivity index (χ3n) is 5.93. The molecular formula is C23H30F2O4. The zero-order valence-electron chi connectivity index (χ0n) is 17.2. The lowest BCUT2D eigenvalue weighted by Crippen LogP contribution is -2.31. The number of carbonyl (C=O) groups excluding carboxylic acids is 1. The fourth-order valence-corrected chi connectivity index (χ4v) is 4.33. The minimum absolute atomic E-state index is 0.208. The van der Waals surface area contributed by atoms with Crippen LogP contribution < -0.4 is 9.47 Å². The number of ether oxygens (including phenoxy) is 3. The molecule has 2 aliphatic rings. The van der Waals surface area contributed by atoms with Crippen molar-refractivity contribution in [3.8, 4) is 11.5 Å². The molecule has 1 unspecified atom stereocenters. The number of halogens is 2. The Bertz CT molecular complexity index is 739. The summed E-state index contributed by atoms with van der Waals surface area (Å²) in [6, 6.07) is 2.44. The fraction of sp³-hybridized carbons (Fsp3) is 0.609. The molecule has 1 atom stereocenters. The van der Waals surface area contributed by atoms with Crippen molar-refractivity contribution in [3.63, 3.8) is 0 Å². The number of hydrogen-bond donors (Lipinski definition) is 0. The predicted octanol–water partition coefficient (Wildman–Crippen LogP) is 5.94. The van der Waals surface area contributed by atoms with Crippen LogP contribution in [0.2, 0.25) is 0 Å². The maximum absolute atomic E-state index is 14.1. The van der Waals surface area contributed by atoms with Gasteiger partial charge in [-0.25, -0.2) is 4.79 Å². The van der Waals surface area contributed by atoms with Crippen molar-refractivity contribution < 1.29 is 27.8 Å². The zero-order chi connectivity index (χ0) is 20.8. The number of esters is 1. The molecule has 0 N–H and O–H groups in total. The Morgan fingerprint density at radius 1 is 1.07 bits per heavy atom. The molecule has 29 heavy (non-hydrogen) atoms. The molecule has 0 radical (unpaired) electrons. The Kier molecular flexibility index (Phi) is 7.51. The number of benzene rings is 1. The molecule has 0 spiro atoms. The predicted molar refractivity (Wildman–Crippen MR) is 106 cm³/mol. The van der Waals surface area contributed by atoms with Crippen molar-refractivity contribution in [1.82, 2.24) is 0 Å². The summed E-state index contributed by atoms with van der Waals surface area (Å²) >= 11 is 0. The minimum atomic E-state index is -1.24. The van der Waals surface area contributed by atoms with E-state index in [2.05, 4.69) is 6.92 Å². The highest BCUT2D eigenvalue weighted by Crippen LogP contribution is 2.38. The van der Waals surface area contributed by atoms with Crippen LogP contribution in [0.4, 0.5) is 8.78 Å². The van der Waals surface area contributed by atoms with Gasteiger partial charge in [-0.15, -0.1) is 0 Å². The van der Waals surface area contributed by atoms with E-state index in [1.807, 2.05) is 0 Å². The van der Waals surface area contributed by atoms with Crippen molar-refractivity contribution in [1.29, 1.82) is 0 Å². The van der Waals surface area contributed by atoms with Crippen LogP contribution in [0, 0.1) is 23.5 Å². The third-order valence-corrected chi connectivity index (χ3v) is 5.93. The Morgan fingerprint density at radius 3 is 2.38 bits per heavy atom. The van der Waals surface area contributed by atoms with Gasteiger partial charge in [0.15, 0.2) is 17.6 Å². The monoisotopic (exact) mass is 408 g/mol. The first kappa shape index (κ1) is 21.6. The van der Waals surface area contributed by atoms with Crippen molar-refractivity contribution in [2.24, 2.45) is 11.8 Å². The summed E-state index contributed by atoms with van der Waals surface area (Å²) < 4.78 is 43.7. The van der Waals surface area contributed by atoms with Crippen LogP contribution in [0.15, 0.2) is 24.0 Å². The van der Waals surface area contributed by atoms with E-state index in [0.29, 0.717) is 12.3 Å². The van der Waals surface area contributed by atoms with E-state index >= 15 is 0 Å². The summed E-state index contributed by atoms with van der Waals surface area (Å²) in [5.41, 5.74) is 1.25. The number of hydrogen-bond acceptors (Lipinski definition) is 4. The van der Waals surface area contributed by atoms with Gasteiger partial charge in [-0.2, -0.15) is 8.78 Å². The maximum atomic E-state index is 14.1. The highest BCUT2D eigenvalue weighted by Gasteiger charge is 2.30. The molecule has 1 aromatic carbocycles. The van der Waals surface area contributed by atoms with Gasteiger partial charge in [0.25, 0.3) is 0 Å². The highest BCUT2D eigenvalue weighted by molar-refractivity contribution is 5.77. The van der Waals surface area contributed by atoms with E-state index in [4.69, 9.17) is 14.2 Å².